The highest BCUT2D eigenvalue weighted by molar-refractivity contribution is 5.67. The van der Waals surface area contributed by atoms with Gasteiger partial charge in [0.25, 0.3) is 0 Å². The summed E-state index contributed by atoms with van der Waals surface area (Å²) < 4.78 is 17.4. The van der Waals surface area contributed by atoms with Gasteiger partial charge in [0.05, 0.1) is 24.4 Å². The lowest BCUT2D eigenvalue weighted by molar-refractivity contribution is -0.356. The summed E-state index contributed by atoms with van der Waals surface area (Å²) >= 11 is 0. The average molecular weight is 481 g/mol. The Morgan fingerprint density at radius 2 is 1.71 bits per heavy atom. The van der Waals surface area contributed by atoms with Gasteiger partial charge in [0.1, 0.15) is 12.2 Å². The quantitative estimate of drug-likeness (QED) is 0.406. The largest absolute Gasteiger partial charge is 0.458 e. The van der Waals surface area contributed by atoms with Gasteiger partial charge in [-0.1, -0.05) is 40.2 Å². The maximum absolute atomic E-state index is 12.6. The van der Waals surface area contributed by atoms with Crippen LogP contribution in [0.4, 0.5) is 0 Å². The van der Waals surface area contributed by atoms with Gasteiger partial charge < -0.3 is 29.5 Å². The zero-order chi connectivity index (χ0) is 25.6. The molecule has 192 valence electrons. The Hall–Kier alpha value is -1.48. The Labute approximate surface area is 201 Å². The van der Waals surface area contributed by atoms with Crippen molar-refractivity contribution in [1.29, 1.82) is 0 Å². The predicted octanol–water partition coefficient (Wildman–Crippen LogP) is 2.13. The van der Waals surface area contributed by atoms with Gasteiger partial charge in [0, 0.05) is 49.4 Å². The van der Waals surface area contributed by atoms with Crippen molar-refractivity contribution in [2.45, 2.75) is 104 Å². The summed E-state index contributed by atoms with van der Waals surface area (Å²) in [5.74, 6) is -2.51. The first-order valence-corrected chi connectivity index (χ1v) is 12.3. The van der Waals surface area contributed by atoms with Crippen molar-refractivity contribution in [3.8, 4) is 0 Å². The predicted molar refractivity (Wildman–Crippen MR) is 122 cm³/mol. The molecule has 1 heterocycles. The molecule has 0 spiro atoms. The Bertz CT molecular complexity index is 926. The number of ether oxygens (including phenoxy) is 3. The number of carbonyl (C=O) groups excluding carboxylic acids is 2. The summed E-state index contributed by atoms with van der Waals surface area (Å²) in [4.78, 5) is 24.2. The van der Waals surface area contributed by atoms with E-state index in [1.54, 1.807) is 0 Å². The molecule has 0 radical (unpaired) electrons. The molecule has 8 nitrogen and oxygen atoms in total. The smallest absolute Gasteiger partial charge is 0.303 e. The fraction of sp³-hybridized carbons (Fsp3) is 0.846. The lowest BCUT2D eigenvalue weighted by Crippen LogP contribution is -2.79. The molecular weight excluding hydrogens is 440 g/mol. The van der Waals surface area contributed by atoms with Crippen molar-refractivity contribution in [3.05, 3.63) is 11.1 Å². The normalized spacial score (nSPS) is 49.6. The van der Waals surface area contributed by atoms with Crippen molar-refractivity contribution < 1.29 is 39.1 Å². The second-order valence-electron chi connectivity index (χ2n) is 11.9. The zero-order valence-corrected chi connectivity index (χ0v) is 21.5. The van der Waals surface area contributed by atoms with Gasteiger partial charge >= 0.3 is 11.9 Å². The molecule has 0 amide bonds. The van der Waals surface area contributed by atoms with E-state index in [1.165, 1.54) is 13.8 Å². The van der Waals surface area contributed by atoms with Crippen LogP contribution in [0.3, 0.4) is 0 Å². The van der Waals surface area contributed by atoms with Gasteiger partial charge in [-0.05, 0) is 18.4 Å². The third-order valence-electron chi connectivity index (χ3n) is 10.0. The van der Waals surface area contributed by atoms with Gasteiger partial charge in [0.15, 0.2) is 5.60 Å². The van der Waals surface area contributed by atoms with Crippen molar-refractivity contribution in [3.63, 3.8) is 0 Å². The van der Waals surface area contributed by atoms with Crippen molar-refractivity contribution in [2.75, 3.05) is 6.61 Å². The van der Waals surface area contributed by atoms with Crippen LogP contribution in [0, 0.1) is 28.6 Å². The number of fused-ring (bicyclic) bond motifs is 5. The van der Waals surface area contributed by atoms with E-state index in [-0.39, 0.29) is 19.4 Å². The summed E-state index contributed by atoms with van der Waals surface area (Å²) in [6.45, 7) is 14.3. The van der Waals surface area contributed by atoms with Crippen LogP contribution in [-0.4, -0.2) is 69.5 Å². The first kappa shape index (κ1) is 25.6. The van der Waals surface area contributed by atoms with E-state index in [9.17, 15) is 24.9 Å². The number of aliphatic hydroxyl groups excluding tert-OH is 2. The van der Waals surface area contributed by atoms with Gasteiger partial charge in [-0.3, -0.25) is 9.59 Å². The molecule has 34 heavy (non-hydrogen) atoms. The van der Waals surface area contributed by atoms with Crippen LogP contribution in [0.1, 0.15) is 68.2 Å². The first-order chi connectivity index (χ1) is 15.6. The zero-order valence-electron chi connectivity index (χ0n) is 21.5. The first-order valence-electron chi connectivity index (χ1n) is 12.3. The highest BCUT2D eigenvalue weighted by Gasteiger charge is 2.75. The fourth-order valence-corrected chi connectivity index (χ4v) is 8.46. The van der Waals surface area contributed by atoms with E-state index >= 15 is 0 Å². The monoisotopic (exact) mass is 480 g/mol. The van der Waals surface area contributed by atoms with Crippen LogP contribution >= 0.6 is 0 Å². The van der Waals surface area contributed by atoms with E-state index < -0.39 is 76.1 Å². The molecule has 2 bridgehead atoms. The second-order valence-corrected chi connectivity index (χ2v) is 11.9. The van der Waals surface area contributed by atoms with E-state index in [0.29, 0.717) is 0 Å². The molecule has 8 heteroatoms. The lowest BCUT2D eigenvalue weighted by Gasteiger charge is -2.69. The fourth-order valence-electron chi connectivity index (χ4n) is 8.46. The minimum absolute atomic E-state index is 0.140. The highest BCUT2D eigenvalue weighted by atomic mass is 16.6. The maximum atomic E-state index is 12.6. The molecule has 3 fully saturated rings. The molecule has 0 aromatic heterocycles. The van der Waals surface area contributed by atoms with Crippen molar-refractivity contribution in [1.82, 2.24) is 0 Å². The summed E-state index contributed by atoms with van der Waals surface area (Å²) in [6.07, 6.45) is -2.70. The van der Waals surface area contributed by atoms with E-state index in [0.717, 1.165) is 11.1 Å². The van der Waals surface area contributed by atoms with Gasteiger partial charge in [0.2, 0.25) is 0 Å². The molecule has 10 atom stereocenters. The molecule has 3 N–H and O–H groups in total. The summed E-state index contributed by atoms with van der Waals surface area (Å²) in [6, 6.07) is 0. The van der Waals surface area contributed by atoms with Crippen molar-refractivity contribution >= 4 is 11.9 Å². The SMILES string of the molecule is CC(=O)O[C@H]1C[C@@]2(O)[C@@H](C)[C@@H]3[C@]4(OC(C)=O)CO[C@@H]4C[C@H](O)[C@@]3(C)[C@@H](O)[C@H](C)C(=C1C)C2(C)C. The van der Waals surface area contributed by atoms with Crippen LogP contribution in [0.5, 0.6) is 0 Å². The highest BCUT2D eigenvalue weighted by Crippen LogP contribution is 2.66. The maximum Gasteiger partial charge on any atom is 0.303 e. The van der Waals surface area contributed by atoms with Gasteiger partial charge in [-0.2, -0.15) is 0 Å². The number of hydrogen-bond donors (Lipinski definition) is 3. The molecule has 4 aliphatic rings. The van der Waals surface area contributed by atoms with Crippen LogP contribution in [0.15, 0.2) is 11.1 Å². The third kappa shape index (κ3) is 3.04. The minimum atomic E-state index is -1.38. The molecule has 4 rings (SSSR count). The molecule has 3 aliphatic carbocycles. The van der Waals surface area contributed by atoms with Crippen LogP contribution in [0.2, 0.25) is 0 Å². The van der Waals surface area contributed by atoms with E-state index in [2.05, 4.69) is 0 Å². The molecule has 0 unspecified atom stereocenters. The summed E-state index contributed by atoms with van der Waals surface area (Å²) in [7, 11) is 0. The van der Waals surface area contributed by atoms with E-state index in [4.69, 9.17) is 14.2 Å². The standard InChI is InChI=1S/C26H40O8/c1-12-17(33-15(4)27)10-26(31)14(3)21-24(8,22(30)13(2)20(12)23(26,6)7)18(29)9-19-25(21,11-32-19)34-16(5)28/h13-14,17-19,21-22,29-31H,9-11H2,1-8H3/t13-,14+,17+,18+,19-,21+,22+,24-,25+,26-/m1/s1. The van der Waals surface area contributed by atoms with Crippen LogP contribution < -0.4 is 0 Å². The topological polar surface area (TPSA) is 123 Å². The third-order valence-corrected chi connectivity index (χ3v) is 10.0. The number of hydrogen-bond acceptors (Lipinski definition) is 8. The molecule has 1 aliphatic heterocycles. The van der Waals surface area contributed by atoms with E-state index in [1.807, 2.05) is 41.5 Å². The molecular formula is C26H40O8. The Morgan fingerprint density at radius 3 is 2.21 bits per heavy atom. The summed E-state index contributed by atoms with van der Waals surface area (Å²) in [5.41, 5.74) is -2.65. The lowest BCUT2D eigenvalue weighted by atomic mass is 9.41. The number of esters is 2. The number of carbonyl (C=O) groups is 2. The molecule has 1 saturated heterocycles. The van der Waals surface area contributed by atoms with Gasteiger partial charge in [-0.25, -0.2) is 0 Å². The van der Waals surface area contributed by atoms with Crippen LogP contribution in [0.25, 0.3) is 0 Å². The van der Waals surface area contributed by atoms with Gasteiger partial charge in [-0.15, -0.1) is 0 Å². The molecule has 0 aromatic carbocycles. The van der Waals surface area contributed by atoms with Crippen molar-refractivity contribution in [2.24, 2.45) is 28.6 Å². The Kier molecular flexibility index (Phi) is 5.84. The average Bonchev–Trinajstić information content (AvgIpc) is 2.71. The second kappa shape index (κ2) is 7.76. The Balaban J connectivity index is 1.99. The Morgan fingerprint density at radius 1 is 1.09 bits per heavy atom. The minimum Gasteiger partial charge on any atom is -0.458 e. The molecule has 0 aromatic rings. The van der Waals surface area contributed by atoms with Crippen LogP contribution in [-0.2, 0) is 23.8 Å². The number of aliphatic hydroxyl groups is 3. The molecule has 2 saturated carbocycles. The number of rotatable bonds is 2. The summed E-state index contributed by atoms with van der Waals surface area (Å²) in [5, 5.41) is 35.9.